The minimum Gasteiger partial charge on any atom is -0.352 e. The van der Waals surface area contributed by atoms with E-state index in [1.807, 2.05) is 35.2 Å². The van der Waals surface area contributed by atoms with Gasteiger partial charge in [0, 0.05) is 19.5 Å². The summed E-state index contributed by atoms with van der Waals surface area (Å²) in [6.07, 6.45) is 4.70. The molecule has 1 fully saturated rings. The number of nitrogens with two attached hydrogens (primary N) is 1. The van der Waals surface area contributed by atoms with Crippen molar-refractivity contribution in [3.05, 3.63) is 71.3 Å². The Hall–Kier alpha value is -2.82. The summed E-state index contributed by atoms with van der Waals surface area (Å²) in [4.78, 5) is 26.3. The van der Waals surface area contributed by atoms with Crippen molar-refractivity contribution in [3.63, 3.8) is 0 Å². The second-order valence-corrected chi connectivity index (χ2v) is 8.04. The lowest BCUT2D eigenvalue weighted by molar-refractivity contribution is -0.134. The van der Waals surface area contributed by atoms with E-state index in [0.717, 1.165) is 44.3 Å². The van der Waals surface area contributed by atoms with Crippen LogP contribution in [0.1, 0.15) is 36.0 Å². The maximum atomic E-state index is 13.0. The molecule has 0 spiro atoms. The number of carbonyl (C=O) groups is 2. The Morgan fingerprint density at radius 3 is 2.31 bits per heavy atom. The Morgan fingerprint density at radius 2 is 1.69 bits per heavy atom. The van der Waals surface area contributed by atoms with Crippen LogP contribution in [-0.2, 0) is 17.6 Å². The topological polar surface area (TPSA) is 75.4 Å². The number of hydrogen-bond acceptors (Lipinski definition) is 2. The van der Waals surface area contributed by atoms with Gasteiger partial charge in [-0.15, -0.1) is 0 Å². The van der Waals surface area contributed by atoms with Crippen LogP contribution in [0.5, 0.6) is 0 Å². The molecule has 3 N–H and O–H groups in total. The van der Waals surface area contributed by atoms with Crippen LogP contribution in [0.25, 0.3) is 0 Å². The van der Waals surface area contributed by atoms with Gasteiger partial charge >= 0.3 is 6.03 Å². The molecule has 2 aromatic carbocycles. The predicted octanol–water partition coefficient (Wildman–Crippen LogP) is 3.45. The maximum absolute atomic E-state index is 13.0. The van der Waals surface area contributed by atoms with Crippen LogP contribution in [0.3, 0.4) is 0 Å². The van der Waals surface area contributed by atoms with Crippen molar-refractivity contribution in [1.29, 1.82) is 0 Å². The summed E-state index contributed by atoms with van der Waals surface area (Å²) in [5.74, 6) is 0.599. The minimum atomic E-state index is -0.660. The van der Waals surface area contributed by atoms with Crippen molar-refractivity contribution < 1.29 is 9.59 Å². The average molecular weight is 394 g/mol. The summed E-state index contributed by atoms with van der Waals surface area (Å²) in [6, 6.07) is 17.2. The van der Waals surface area contributed by atoms with E-state index in [1.54, 1.807) is 0 Å². The highest BCUT2D eigenvalue weighted by Gasteiger charge is 2.29. The molecule has 0 radical (unpaired) electrons. The van der Waals surface area contributed by atoms with Crippen LogP contribution in [-0.4, -0.2) is 36.0 Å². The van der Waals surface area contributed by atoms with Gasteiger partial charge in [-0.2, -0.15) is 0 Å². The molecule has 0 bridgehead atoms. The second kappa shape index (κ2) is 10.1. The van der Waals surface area contributed by atoms with Crippen molar-refractivity contribution in [2.45, 2.75) is 45.1 Å². The first-order valence-corrected chi connectivity index (χ1v) is 10.5. The lowest BCUT2D eigenvalue weighted by atomic mass is 9.90. The lowest BCUT2D eigenvalue weighted by Gasteiger charge is -2.34. The molecule has 1 aliphatic rings. The first-order chi connectivity index (χ1) is 14.0. The predicted molar refractivity (Wildman–Crippen MR) is 115 cm³/mol. The van der Waals surface area contributed by atoms with Gasteiger partial charge in [0.2, 0.25) is 5.91 Å². The summed E-state index contributed by atoms with van der Waals surface area (Å²) in [6.45, 7) is 3.58. The van der Waals surface area contributed by atoms with Gasteiger partial charge in [-0.3, -0.25) is 4.79 Å². The van der Waals surface area contributed by atoms with Gasteiger partial charge in [0.15, 0.2) is 0 Å². The Labute approximate surface area is 173 Å². The van der Waals surface area contributed by atoms with Gasteiger partial charge in [-0.1, -0.05) is 60.2 Å². The molecule has 0 aromatic heterocycles. The summed E-state index contributed by atoms with van der Waals surface area (Å²) in [5.41, 5.74) is 8.99. The summed E-state index contributed by atoms with van der Waals surface area (Å²) < 4.78 is 0. The van der Waals surface area contributed by atoms with Crippen LogP contribution in [0.2, 0.25) is 0 Å². The molecular formula is C24H31N3O2. The number of nitrogens with one attached hydrogen (secondary N) is 1. The SMILES string of the molecule is Cc1ccc(CCC2CCN(C(=O)C(Cc3ccccc3)NC(N)=O)CC2)cc1. The first-order valence-electron chi connectivity index (χ1n) is 10.5. The van der Waals surface area contributed by atoms with Gasteiger partial charge in [0.05, 0.1) is 0 Å². The molecular weight excluding hydrogens is 362 g/mol. The summed E-state index contributed by atoms with van der Waals surface area (Å²) >= 11 is 0. The van der Waals surface area contributed by atoms with E-state index in [-0.39, 0.29) is 5.91 Å². The number of aryl methyl sites for hydroxylation is 2. The van der Waals surface area contributed by atoms with Gasteiger partial charge < -0.3 is 16.0 Å². The van der Waals surface area contributed by atoms with Crippen molar-refractivity contribution >= 4 is 11.9 Å². The Balaban J connectivity index is 1.51. The highest BCUT2D eigenvalue weighted by molar-refractivity contribution is 5.87. The Kier molecular flexibility index (Phi) is 7.28. The number of rotatable bonds is 7. The minimum absolute atomic E-state index is 0.0374. The van der Waals surface area contributed by atoms with Crippen LogP contribution >= 0.6 is 0 Å². The highest BCUT2D eigenvalue weighted by atomic mass is 16.2. The van der Waals surface area contributed by atoms with Gasteiger partial charge in [0.25, 0.3) is 0 Å². The molecule has 1 atom stereocenters. The number of carbonyl (C=O) groups excluding carboxylic acids is 2. The van der Waals surface area contributed by atoms with E-state index in [0.29, 0.717) is 12.3 Å². The third-order valence-corrected chi connectivity index (χ3v) is 5.79. The summed E-state index contributed by atoms with van der Waals surface area (Å²) in [5, 5.41) is 2.64. The molecule has 1 saturated heterocycles. The Bertz CT molecular complexity index is 797. The van der Waals surface area contributed by atoms with Gasteiger partial charge in [0.1, 0.15) is 6.04 Å². The number of likely N-dealkylation sites (tertiary alicyclic amines) is 1. The fourth-order valence-electron chi connectivity index (χ4n) is 4.01. The molecule has 3 rings (SSSR count). The van der Waals surface area contributed by atoms with E-state index in [2.05, 4.69) is 36.5 Å². The number of primary amides is 1. The monoisotopic (exact) mass is 393 g/mol. The van der Waals surface area contributed by atoms with E-state index in [1.165, 1.54) is 11.1 Å². The van der Waals surface area contributed by atoms with Gasteiger partial charge in [-0.25, -0.2) is 4.79 Å². The normalized spacial score (nSPS) is 15.7. The van der Waals surface area contributed by atoms with Gasteiger partial charge in [-0.05, 0) is 49.7 Å². The zero-order valence-corrected chi connectivity index (χ0v) is 17.1. The molecule has 2 aromatic rings. The molecule has 3 amide bonds. The van der Waals surface area contributed by atoms with Crippen LogP contribution < -0.4 is 11.1 Å². The lowest BCUT2D eigenvalue weighted by Crippen LogP contribution is -2.52. The van der Waals surface area contributed by atoms with E-state index in [9.17, 15) is 9.59 Å². The second-order valence-electron chi connectivity index (χ2n) is 8.04. The molecule has 0 aliphatic carbocycles. The van der Waals surface area contributed by atoms with Crippen molar-refractivity contribution in [2.24, 2.45) is 11.7 Å². The third kappa shape index (κ3) is 6.34. The smallest absolute Gasteiger partial charge is 0.312 e. The van der Waals surface area contributed by atoms with E-state index < -0.39 is 12.1 Å². The highest BCUT2D eigenvalue weighted by Crippen LogP contribution is 2.23. The quantitative estimate of drug-likeness (QED) is 0.756. The number of nitrogens with zero attached hydrogens (tertiary/aromatic N) is 1. The number of benzene rings is 2. The van der Waals surface area contributed by atoms with E-state index in [4.69, 9.17) is 5.73 Å². The van der Waals surface area contributed by atoms with Crippen molar-refractivity contribution in [2.75, 3.05) is 13.1 Å². The number of amides is 3. The standard InChI is InChI=1S/C24H31N3O2/c1-18-7-9-19(10-8-18)11-12-20-13-15-27(16-14-20)23(28)22(26-24(25)29)17-21-5-3-2-4-6-21/h2-10,20,22H,11-17H2,1H3,(H3,25,26,29). The Morgan fingerprint density at radius 1 is 1.03 bits per heavy atom. The van der Waals surface area contributed by atoms with Crippen molar-refractivity contribution in [3.8, 4) is 0 Å². The fraction of sp³-hybridized carbons (Fsp3) is 0.417. The molecule has 1 heterocycles. The number of piperidine rings is 1. The molecule has 5 heteroatoms. The zero-order valence-electron chi connectivity index (χ0n) is 17.1. The third-order valence-electron chi connectivity index (χ3n) is 5.79. The zero-order chi connectivity index (χ0) is 20.6. The van der Waals surface area contributed by atoms with E-state index >= 15 is 0 Å². The molecule has 0 saturated carbocycles. The van der Waals surface area contributed by atoms with Crippen molar-refractivity contribution in [1.82, 2.24) is 10.2 Å². The van der Waals surface area contributed by atoms with Crippen LogP contribution in [0.4, 0.5) is 4.79 Å². The first kappa shape index (κ1) is 20.9. The number of hydrogen-bond donors (Lipinski definition) is 2. The number of urea groups is 1. The average Bonchev–Trinajstić information content (AvgIpc) is 2.73. The largest absolute Gasteiger partial charge is 0.352 e. The molecule has 1 aliphatic heterocycles. The molecule has 5 nitrogen and oxygen atoms in total. The molecule has 29 heavy (non-hydrogen) atoms. The maximum Gasteiger partial charge on any atom is 0.312 e. The van der Waals surface area contributed by atoms with Crippen LogP contribution in [0.15, 0.2) is 54.6 Å². The van der Waals surface area contributed by atoms with Crippen LogP contribution in [0, 0.1) is 12.8 Å². The molecule has 1 unspecified atom stereocenters. The molecule has 154 valence electrons. The fourth-order valence-corrected chi connectivity index (χ4v) is 4.01. The summed E-state index contributed by atoms with van der Waals surface area (Å²) in [7, 11) is 0.